The Morgan fingerprint density at radius 2 is 2.21 bits per heavy atom. The van der Waals surface area contributed by atoms with E-state index < -0.39 is 6.10 Å². The van der Waals surface area contributed by atoms with Crippen molar-refractivity contribution in [3.05, 3.63) is 28.2 Å². The second-order valence-corrected chi connectivity index (χ2v) is 7.00. The molecule has 2 fully saturated rings. The highest BCUT2D eigenvalue weighted by Crippen LogP contribution is 2.27. The molecule has 0 amide bonds. The number of nitrogens with one attached hydrogen (secondary N) is 1. The number of amidine groups is 1. The molecule has 0 aliphatic carbocycles. The molecule has 0 bridgehead atoms. The zero-order valence-corrected chi connectivity index (χ0v) is 14.9. The molecule has 0 aromatic heterocycles. The summed E-state index contributed by atoms with van der Waals surface area (Å²) in [6.45, 7) is 1.41. The van der Waals surface area contributed by atoms with Crippen molar-refractivity contribution in [2.45, 2.75) is 25.0 Å². The van der Waals surface area contributed by atoms with E-state index in [1.165, 1.54) is 0 Å². The van der Waals surface area contributed by atoms with Crippen molar-refractivity contribution in [3.63, 3.8) is 0 Å². The monoisotopic (exact) mass is 370 g/mol. The summed E-state index contributed by atoms with van der Waals surface area (Å²) in [5.74, 6) is 0.812. The predicted molar refractivity (Wildman–Crippen MR) is 95.9 cm³/mol. The Hall–Kier alpha value is -1.34. The highest BCUT2D eigenvalue weighted by molar-refractivity contribution is 6.42. The average Bonchev–Trinajstić information content (AvgIpc) is 3.14. The largest absolute Gasteiger partial charge is 0.392 e. The topological polar surface area (TPSA) is 68.2 Å². The Labute approximate surface area is 151 Å². The second kappa shape index (κ2) is 7.27. The predicted octanol–water partition coefficient (Wildman–Crippen LogP) is 1.74. The number of nitrogens with zero attached hydrogens (tertiary/aromatic N) is 3. The summed E-state index contributed by atoms with van der Waals surface area (Å²) in [6.07, 6.45) is 0.797. The molecule has 2 heterocycles. The molecule has 2 atom stereocenters. The van der Waals surface area contributed by atoms with Crippen molar-refractivity contribution in [3.8, 4) is 0 Å². The van der Waals surface area contributed by atoms with Crippen molar-refractivity contribution in [2.75, 3.05) is 31.7 Å². The van der Waals surface area contributed by atoms with Gasteiger partial charge >= 0.3 is 0 Å². The fourth-order valence-corrected chi connectivity index (χ4v) is 3.37. The number of aliphatic hydroxyl groups is 1. The van der Waals surface area contributed by atoms with Gasteiger partial charge in [0.05, 0.1) is 27.9 Å². The van der Waals surface area contributed by atoms with E-state index >= 15 is 0 Å². The van der Waals surface area contributed by atoms with Crippen LogP contribution in [0.25, 0.3) is 0 Å². The third kappa shape index (κ3) is 3.83. The number of hydrogen-bond acceptors (Lipinski definition) is 5. The minimum Gasteiger partial charge on any atom is -0.392 e. The Balaban J connectivity index is 1.58. The molecule has 6 nitrogen and oxygen atoms in total. The fraction of sp³-hybridized carbons (Fsp3) is 0.500. The van der Waals surface area contributed by atoms with Gasteiger partial charge in [-0.15, -0.1) is 0 Å². The molecule has 1 aromatic rings. The number of aliphatic imine (C=N–C) groups is 1. The average molecular weight is 371 g/mol. The van der Waals surface area contributed by atoms with Gasteiger partial charge in [-0.1, -0.05) is 23.2 Å². The number of β-amino-alcohol motifs (C(OH)–C–C–N with tert-alkyl or cyclic N) is 1. The molecule has 130 valence electrons. The molecule has 2 aliphatic heterocycles. The molecule has 0 saturated carbocycles. The van der Waals surface area contributed by atoms with Gasteiger partial charge in [-0.25, -0.2) is 0 Å². The first-order valence-electron chi connectivity index (χ1n) is 7.87. The van der Waals surface area contributed by atoms with Crippen LogP contribution < -0.4 is 10.4 Å². The standard InChI is InChI=1S/C16H20Cl2N4O2/c1-21-9-11(23)7-14(21)15(24)8-19-16-4-5-22(20-16)10-2-3-12(17)13(18)6-10/h2-3,6,11,14,23H,4-5,7-9H2,1H3,(H,19,20)/t11-,14-/m0/s1. The number of likely N-dealkylation sites (N-methyl/N-ethyl adjacent to an activating group) is 1. The maximum Gasteiger partial charge on any atom is 0.171 e. The van der Waals surface area contributed by atoms with E-state index in [1.54, 1.807) is 12.1 Å². The molecular formula is C16H20Cl2N4O2. The van der Waals surface area contributed by atoms with Crippen LogP contribution in [0, 0.1) is 0 Å². The van der Waals surface area contributed by atoms with E-state index in [2.05, 4.69) is 10.4 Å². The number of Topliss-reactive ketones (excluding diaryl/α,β-unsaturated/α-hetero) is 1. The smallest absolute Gasteiger partial charge is 0.171 e. The summed E-state index contributed by atoms with van der Waals surface area (Å²) in [4.78, 5) is 18.5. The lowest BCUT2D eigenvalue weighted by Crippen LogP contribution is -2.36. The first-order chi connectivity index (χ1) is 11.4. The van der Waals surface area contributed by atoms with Crippen LogP contribution in [0.5, 0.6) is 0 Å². The Bertz CT molecular complexity index is 667. The maximum absolute atomic E-state index is 12.3. The van der Waals surface area contributed by atoms with E-state index in [0.29, 0.717) is 23.0 Å². The van der Waals surface area contributed by atoms with E-state index in [-0.39, 0.29) is 18.4 Å². The zero-order valence-electron chi connectivity index (χ0n) is 13.4. The molecule has 2 aliphatic rings. The lowest BCUT2D eigenvalue weighted by molar-refractivity contribution is -0.121. The molecule has 8 heteroatoms. The van der Waals surface area contributed by atoms with E-state index in [1.807, 2.05) is 23.0 Å². The van der Waals surface area contributed by atoms with Crippen LogP contribution in [0.4, 0.5) is 5.69 Å². The number of carbonyl (C=O) groups excluding carboxylic acids is 1. The normalized spacial score (nSPS) is 26.2. The van der Waals surface area contributed by atoms with Gasteiger partial charge in [0.2, 0.25) is 0 Å². The van der Waals surface area contributed by atoms with Gasteiger partial charge in [0.15, 0.2) is 5.78 Å². The summed E-state index contributed by atoms with van der Waals surface area (Å²) >= 11 is 12.0. The Morgan fingerprint density at radius 1 is 1.42 bits per heavy atom. The van der Waals surface area contributed by atoms with Gasteiger partial charge in [-0.05, 0) is 31.7 Å². The SMILES string of the molecule is CN1C[C@@H](O)C[C@H]1C(=O)CN=C1CCN(c2ccc(Cl)c(Cl)c2)N1. The van der Waals surface area contributed by atoms with Crippen LogP contribution in [-0.4, -0.2) is 60.5 Å². The number of hydrogen-bond donors (Lipinski definition) is 2. The molecule has 24 heavy (non-hydrogen) atoms. The summed E-state index contributed by atoms with van der Waals surface area (Å²) in [7, 11) is 1.85. The van der Waals surface area contributed by atoms with Gasteiger partial charge in [-0.3, -0.25) is 25.1 Å². The first kappa shape index (κ1) is 17.5. The van der Waals surface area contributed by atoms with E-state index in [9.17, 15) is 9.90 Å². The van der Waals surface area contributed by atoms with E-state index in [0.717, 1.165) is 24.5 Å². The van der Waals surface area contributed by atoms with Crippen LogP contribution in [-0.2, 0) is 4.79 Å². The number of rotatable bonds is 4. The molecular weight excluding hydrogens is 351 g/mol. The summed E-state index contributed by atoms with van der Waals surface area (Å²) in [6, 6.07) is 5.18. The number of ketones is 1. The molecule has 2 saturated heterocycles. The molecule has 0 spiro atoms. The minimum absolute atomic E-state index is 0.0383. The zero-order chi connectivity index (χ0) is 17.3. The van der Waals surface area contributed by atoms with Gasteiger partial charge in [0.1, 0.15) is 12.4 Å². The Kier molecular flexibility index (Phi) is 5.30. The van der Waals surface area contributed by atoms with Crippen LogP contribution >= 0.6 is 23.2 Å². The summed E-state index contributed by atoms with van der Waals surface area (Å²) in [5.41, 5.74) is 4.09. The minimum atomic E-state index is -0.425. The van der Waals surface area contributed by atoms with Gasteiger partial charge in [0.25, 0.3) is 0 Å². The van der Waals surface area contributed by atoms with E-state index in [4.69, 9.17) is 23.2 Å². The quantitative estimate of drug-likeness (QED) is 0.844. The number of carbonyl (C=O) groups is 1. The third-order valence-corrected chi connectivity index (χ3v) is 5.11. The van der Waals surface area contributed by atoms with Crippen molar-refractivity contribution < 1.29 is 9.90 Å². The lowest BCUT2D eigenvalue weighted by atomic mass is 10.1. The van der Waals surface area contributed by atoms with Gasteiger partial charge in [0, 0.05) is 19.5 Å². The lowest BCUT2D eigenvalue weighted by Gasteiger charge is -2.19. The fourth-order valence-electron chi connectivity index (χ4n) is 3.07. The van der Waals surface area contributed by atoms with Crippen molar-refractivity contribution in [1.82, 2.24) is 10.3 Å². The first-order valence-corrected chi connectivity index (χ1v) is 8.63. The number of halogens is 2. The van der Waals surface area contributed by atoms with Gasteiger partial charge < -0.3 is 5.11 Å². The Morgan fingerprint density at radius 3 is 2.88 bits per heavy atom. The van der Waals surface area contributed by atoms with Crippen molar-refractivity contribution in [2.24, 2.45) is 4.99 Å². The number of benzene rings is 1. The van der Waals surface area contributed by atoms with Crippen molar-refractivity contribution in [1.29, 1.82) is 0 Å². The summed E-state index contributed by atoms with van der Waals surface area (Å²) < 4.78 is 0. The molecule has 0 radical (unpaired) electrons. The molecule has 3 rings (SSSR count). The third-order valence-electron chi connectivity index (χ3n) is 4.37. The number of anilines is 1. The highest BCUT2D eigenvalue weighted by atomic mass is 35.5. The second-order valence-electron chi connectivity index (χ2n) is 6.19. The maximum atomic E-state index is 12.3. The molecule has 1 aromatic carbocycles. The van der Waals surface area contributed by atoms with Crippen LogP contribution in [0.1, 0.15) is 12.8 Å². The number of likely N-dealkylation sites (tertiary alicyclic amines) is 1. The summed E-state index contributed by atoms with van der Waals surface area (Å²) in [5, 5.41) is 12.6. The van der Waals surface area contributed by atoms with Crippen LogP contribution in [0.15, 0.2) is 23.2 Å². The van der Waals surface area contributed by atoms with Crippen LogP contribution in [0.3, 0.4) is 0 Å². The molecule has 0 unspecified atom stereocenters. The van der Waals surface area contributed by atoms with Crippen LogP contribution in [0.2, 0.25) is 10.0 Å². The highest BCUT2D eigenvalue weighted by Gasteiger charge is 2.33. The van der Waals surface area contributed by atoms with Crippen molar-refractivity contribution >= 4 is 40.5 Å². The van der Waals surface area contributed by atoms with Gasteiger partial charge in [-0.2, -0.15) is 0 Å². The number of hydrazine groups is 1. The number of aliphatic hydroxyl groups excluding tert-OH is 1. The molecule has 2 N–H and O–H groups in total.